The van der Waals surface area contributed by atoms with Crippen LogP contribution in [0.25, 0.3) is 10.2 Å². The zero-order valence-electron chi connectivity index (χ0n) is 11.9. The van der Waals surface area contributed by atoms with Crippen LogP contribution < -0.4 is 0 Å². The molecule has 1 amide bonds. The Morgan fingerprint density at radius 3 is 2.90 bits per heavy atom. The summed E-state index contributed by atoms with van der Waals surface area (Å²) in [5, 5.41) is 14.4. The van der Waals surface area contributed by atoms with Gasteiger partial charge < -0.3 is 14.7 Å². The van der Waals surface area contributed by atoms with E-state index in [-0.39, 0.29) is 12.5 Å². The minimum absolute atomic E-state index is 0.0546. The second-order valence-electron chi connectivity index (χ2n) is 4.55. The predicted octanol–water partition coefficient (Wildman–Crippen LogP) is 1.02. The van der Waals surface area contributed by atoms with Crippen LogP contribution in [0, 0.1) is 6.92 Å². The Kier molecular flexibility index (Phi) is 4.74. The van der Waals surface area contributed by atoms with Crippen LogP contribution in [0.3, 0.4) is 0 Å². The van der Waals surface area contributed by atoms with Gasteiger partial charge in [0.15, 0.2) is 0 Å². The fourth-order valence-electron chi connectivity index (χ4n) is 2.10. The van der Waals surface area contributed by atoms with Gasteiger partial charge in [0, 0.05) is 32.6 Å². The number of fused-ring (bicyclic) bond motifs is 1. The molecule has 110 valence electrons. The monoisotopic (exact) mass is 297 g/mol. The van der Waals surface area contributed by atoms with Crippen molar-refractivity contribution in [3.05, 3.63) is 16.6 Å². The Balaban J connectivity index is 2.26. The van der Waals surface area contributed by atoms with Crippen LogP contribution in [0.15, 0.2) is 6.07 Å². The number of rotatable bonds is 6. The van der Waals surface area contributed by atoms with E-state index >= 15 is 0 Å². The predicted molar refractivity (Wildman–Crippen MR) is 78.2 cm³/mol. The molecule has 0 fully saturated rings. The molecule has 0 aliphatic carbocycles. The van der Waals surface area contributed by atoms with Gasteiger partial charge in [0.05, 0.1) is 23.8 Å². The summed E-state index contributed by atoms with van der Waals surface area (Å²) in [6, 6.07) is 1.88. The summed E-state index contributed by atoms with van der Waals surface area (Å²) in [5.41, 5.74) is 0.920. The van der Waals surface area contributed by atoms with Gasteiger partial charge in [0.2, 0.25) is 0 Å². The number of ether oxygens (including phenoxy) is 1. The molecule has 7 heteroatoms. The van der Waals surface area contributed by atoms with Crippen LogP contribution >= 0.6 is 11.3 Å². The van der Waals surface area contributed by atoms with Crippen LogP contribution in [0.1, 0.15) is 15.4 Å². The highest BCUT2D eigenvalue weighted by molar-refractivity contribution is 7.20. The summed E-state index contributed by atoms with van der Waals surface area (Å²) in [7, 11) is 3.46. The molecule has 0 atom stereocenters. The first kappa shape index (κ1) is 15.0. The third kappa shape index (κ3) is 2.84. The lowest BCUT2D eigenvalue weighted by molar-refractivity contribution is 0.0661. The number of carbonyl (C=O) groups is 1. The van der Waals surface area contributed by atoms with Crippen molar-refractivity contribution in [2.24, 2.45) is 7.05 Å². The Labute approximate surface area is 121 Å². The lowest BCUT2D eigenvalue weighted by Crippen LogP contribution is -2.35. The van der Waals surface area contributed by atoms with E-state index in [0.717, 1.165) is 15.9 Å². The minimum atomic E-state index is -0.0725. The summed E-state index contributed by atoms with van der Waals surface area (Å²) in [6.45, 7) is 3.12. The summed E-state index contributed by atoms with van der Waals surface area (Å²) < 4.78 is 6.79. The fraction of sp³-hybridized carbons (Fsp3) is 0.538. The lowest BCUT2D eigenvalue weighted by Gasteiger charge is -2.20. The van der Waals surface area contributed by atoms with Gasteiger partial charge in [-0.05, 0) is 13.0 Å². The van der Waals surface area contributed by atoms with Crippen LogP contribution in [0.4, 0.5) is 0 Å². The van der Waals surface area contributed by atoms with Gasteiger partial charge >= 0.3 is 0 Å². The second kappa shape index (κ2) is 6.34. The maximum absolute atomic E-state index is 12.5. The highest BCUT2D eigenvalue weighted by atomic mass is 32.1. The van der Waals surface area contributed by atoms with E-state index in [2.05, 4.69) is 5.10 Å². The van der Waals surface area contributed by atoms with E-state index in [9.17, 15) is 4.79 Å². The standard InChI is InChI=1S/C13H19N3O3S/c1-9-10-8-11(20-13(10)15(2)14-9)12(18)16(4-6-17)5-7-19-3/h8,17H,4-7H2,1-3H3. The molecule has 1 N–H and O–H groups in total. The van der Waals surface area contributed by atoms with Gasteiger partial charge in [-0.15, -0.1) is 11.3 Å². The molecule has 0 spiro atoms. The zero-order chi connectivity index (χ0) is 14.7. The highest BCUT2D eigenvalue weighted by Gasteiger charge is 2.20. The average molecular weight is 297 g/mol. The van der Waals surface area contributed by atoms with E-state index in [1.807, 2.05) is 20.0 Å². The highest BCUT2D eigenvalue weighted by Crippen LogP contribution is 2.28. The van der Waals surface area contributed by atoms with Crippen LogP contribution in [0.2, 0.25) is 0 Å². The molecule has 2 aromatic rings. The molecule has 0 saturated heterocycles. The normalized spacial score (nSPS) is 11.2. The van der Waals surface area contributed by atoms with Crippen molar-refractivity contribution in [2.45, 2.75) is 6.92 Å². The number of methoxy groups -OCH3 is 1. The Bertz CT molecular complexity index is 571. The number of aliphatic hydroxyl groups is 1. The van der Waals surface area contributed by atoms with Crippen molar-refractivity contribution < 1.29 is 14.6 Å². The van der Waals surface area contributed by atoms with Crippen molar-refractivity contribution in [1.82, 2.24) is 14.7 Å². The fourth-order valence-corrected chi connectivity index (χ4v) is 3.19. The molecule has 0 unspecified atom stereocenters. The lowest BCUT2D eigenvalue weighted by atomic mass is 10.3. The molecule has 2 aromatic heterocycles. The smallest absolute Gasteiger partial charge is 0.264 e. The zero-order valence-corrected chi connectivity index (χ0v) is 12.7. The Hall–Kier alpha value is -1.44. The Morgan fingerprint density at radius 1 is 1.55 bits per heavy atom. The SMILES string of the molecule is COCCN(CCO)C(=O)c1cc2c(C)nn(C)c2s1. The van der Waals surface area contributed by atoms with Gasteiger partial charge in [-0.1, -0.05) is 0 Å². The van der Waals surface area contributed by atoms with Crippen molar-refractivity contribution in [3.63, 3.8) is 0 Å². The molecule has 0 radical (unpaired) electrons. The number of hydrogen-bond acceptors (Lipinski definition) is 5. The molecular formula is C13H19N3O3S. The summed E-state index contributed by atoms with van der Waals surface area (Å²) in [5.74, 6) is -0.0725. The van der Waals surface area contributed by atoms with E-state index in [4.69, 9.17) is 9.84 Å². The first-order valence-corrected chi connectivity index (χ1v) is 7.22. The van der Waals surface area contributed by atoms with Crippen molar-refractivity contribution in [3.8, 4) is 0 Å². The molecule has 6 nitrogen and oxygen atoms in total. The average Bonchev–Trinajstić information content (AvgIpc) is 2.97. The molecule has 2 rings (SSSR count). The van der Waals surface area contributed by atoms with Crippen molar-refractivity contribution in [2.75, 3.05) is 33.4 Å². The van der Waals surface area contributed by atoms with E-state index in [1.165, 1.54) is 11.3 Å². The van der Waals surface area contributed by atoms with E-state index in [1.54, 1.807) is 16.7 Å². The third-order valence-corrected chi connectivity index (χ3v) is 4.32. The summed E-state index contributed by atoms with van der Waals surface area (Å²) in [6.07, 6.45) is 0. The summed E-state index contributed by atoms with van der Waals surface area (Å²) in [4.78, 5) is 15.7. The minimum Gasteiger partial charge on any atom is -0.395 e. The number of hydrogen-bond donors (Lipinski definition) is 1. The number of aliphatic hydroxyl groups excluding tert-OH is 1. The van der Waals surface area contributed by atoms with E-state index in [0.29, 0.717) is 24.6 Å². The van der Waals surface area contributed by atoms with Gasteiger partial charge in [-0.3, -0.25) is 9.48 Å². The number of aromatic nitrogens is 2. The summed E-state index contributed by atoms with van der Waals surface area (Å²) >= 11 is 1.43. The van der Waals surface area contributed by atoms with Crippen molar-refractivity contribution >= 4 is 27.5 Å². The van der Waals surface area contributed by atoms with Crippen LogP contribution in [-0.4, -0.2) is 59.1 Å². The quantitative estimate of drug-likeness (QED) is 0.864. The number of carbonyl (C=O) groups excluding carboxylic acids is 1. The first-order chi connectivity index (χ1) is 9.58. The van der Waals surface area contributed by atoms with E-state index < -0.39 is 0 Å². The van der Waals surface area contributed by atoms with Crippen molar-refractivity contribution in [1.29, 1.82) is 0 Å². The van der Waals surface area contributed by atoms with Gasteiger partial charge in [0.25, 0.3) is 5.91 Å². The maximum atomic E-state index is 12.5. The van der Waals surface area contributed by atoms with Gasteiger partial charge in [-0.25, -0.2) is 0 Å². The third-order valence-electron chi connectivity index (χ3n) is 3.13. The van der Waals surface area contributed by atoms with Gasteiger partial charge in [0.1, 0.15) is 4.83 Å². The molecule has 0 aromatic carbocycles. The second-order valence-corrected chi connectivity index (χ2v) is 5.58. The number of amides is 1. The molecule has 0 aliphatic rings. The number of thiophene rings is 1. The molecule has 2 heterocycles. The topological polar surface area (TPSA) is 67.6 Å². The van der Waals surface area contributed by atoms with Crippen LogP contribution in [0.5, 0.6) is 0 Å². The molecule has 0 aliphatic heterocycles. The first-order valence-electron chi connectivity index (χ1n) is 6.40. The number of nitrogens with zero attached hydrogens (tertiary/aromatic N) is 3. The largest absolute Gasteiger partial charge is 0.395 e. The molecule has 0 bridgehead atoms. The van der Waals surface area contributed by atoms with Crippen LogP contribution in [-0.2, 0) is 11.8 Å². The maximum Gasteiger partial charge on any atom is 0.264 e. The Morgan fingerprint density at radius 2 is 2.30 bits per heavy atom. The molecular weight excluding hydrogens is 278 g/mol. The molecule has 20 heavy (non-hydrogen) atoms. The van der Waals surface area contributed by atoms with Gasteiger partial charge in [-0.2, -0.15) is 5.10 Å². The molecule has 0 saturated carbocycles. The number of aryl methyl sites for hydroxylation is 2.